The fourth-order valence-corrected chi connectivity index (χ4v) is 4.88. The zero-order valence-corrected chi connectivity index (χ0v) is 20.9. The van der Waals surface area contributed by atoms with Gasteiger partial charge >= 0.3 is 0 Å². The Morgan fingerprint density at radius 3 is 2.59 bits per heavy atom. The maximum absolute atomic E-state index is 5.54. The van der Waals surface area contributed by atoms with Crippen molar-refractivity contribution in [1.29, 1.82) is 0 Å². The quantitative estimate of drug-likeness (QED) is 0.499. The van der Waals surface area contributed by atoms with Crippen molar-refractivity contribution in [1.82, 2.24) is 25.1 Å². The Bertz CT molecular complexity index is 1110. The Kier molecular flexibility index (Phi) is 7.58. The zero-order chi connectivity index (χ0) is 22.8. The highest BCUT2D eigenvalue weighted by molar-refractivity contribution is 5.85. The maximum atomic E-state index is 5.54. The minimum Gasteiger partial charge on any atom is -0.454 e. The van der Waals surface area contributed by atoms with Gasteiger partial charge in [0, 0.05) is 31.9 Å². The summed E-state index contributed by atoms with van der Waals surface area (Å²) in [4.78, 5) is 5.06. The first-order valence-corrected chi connectivity index (χ1v) is 11.8. The summed E-state index contributed by atoms with van der Waals surface area (Å²) in [6.45, 7) is 11.5. The Morgan fingerprint density at radius 1 is 1.00 bits per heavy atom. The van der Waals surface area contributed by atoms with E-state index < -0.39 is 0 Å². The first-order chi connectivity index (χ1) is 16.1. The van der Waals surface area contributed by atoms with Gasteiger partial charge in [-0.3, -0.25) is 4.90 Å². The number of ether oxygens (including phenoxy) is 2. The van der Waals surface area contributed by atoms with Crippen LogP contribution < -0.4 is 14.4 Å². The average molecular weight is 485 g/mol. The van der Waals surface area contributed by atoms with Gasteiger partial charge < -0.3 is 14.4 Å². The van der Waals surface area contributed by atoms with Gasteiger partial charge in [0.2, 0.25) is 6.79 Å². The minimum atomic E-state index is 0. The van der Waals surface area contributed by atoms with Gasteiger partial charge in [0.05, 0.1) is 12.6 Å². The van der Waals surface area contributed by atoms with E-state index >= 15 is 0 Å². The lowest BCUT2D eigenvalue weighted by molar-refractivity contribution is 0.164. The van der Waals surface area contributed by atoms with Crippen LogP contribution in [0, 0.1) is 13.8 Å². The standard InChI is InChI=1S/C25H32N6O2.ClH/c1-4-6-22(30-13-11-29(12-14-30)21-8-5-7-18(2)19(21)3)25-26-27-28-31(25)16-20-9-10-23-24(15-20)33-17-32-23;/h5,7-10,15,22H,4,6,11-14,16-17H2,1-3H3;1H. The smallest absolute Gasteiger partial charge is 0.231 e. The summed E-state index contributed by atoms with van der Waals surface area (Å²) in [5.41, 5.74) is 5.18. The second-order valence-electron chi connectivity index (χ2n) is 8.93. The summed E-state index contributed by atoms with van der Waals surface area (Å²) in [6, 6.07) is 12.8. The monoisotopic (exact) mass is 484 g/mol. The molecule has 1 saturated heterocycles. The van der Waals surface area contributed by atoms with Crippen molar-refractivity contribution in [2.45, 2.75) is 46.2 Å². The van der Waals surface area contributed by atoms with Crippen molar-refractivity contribution in [3.05, 3.63) is 58.9 Å². The number of hydrogen-bond donors (Lipinski definition) is 0. The second kappa shape index (κ2) is 10.6. The summed E-state index contributed by atoms with van der Waals surface area (Å²) >= 11 is 0. The van der Waals surface area contributed by atoms with Crippen LogP contribution in [-0.2, 0) is 6.54 Å². The van der Waals surface area contributed by atoms with Crippen molar-refractivity contribution >= 4 is 18.1 Å². The number of halogens is 1. The number of aromatic nitrogens is 4. The van der Waals surface area contributed by atoms with Crippen LogP contribution in [0.5, 0.6) is 11.5 Å². The predicted molar refractivity (Wildman–Crippen MR) is 134 cm³/mol. The van der Waals surface area contributed by atoms with Crippen molar-refractivity contribution in [3.8, 4) is 11.5 Å². The highest BCUT2D eigenvalue weighted by Gasteiger charge is 2.29. The van der Waals surface area contributed by atoms with E-state index in [1.807, 2.05) is 16.8 Å². The molecule has 0 saturated carbocycles. The molecule has 9 heteroatoms. The van der Waals surface area contributed by atoms with Crippen molar-refractivity contribution in [2.24, 2.45) is 0 Å². The van der Waals surface area contributed by atoms with E-state index in [1.165, 1.54) is 16.8 Å². The lowest BCUT2D eigenvalue weighted by atomic mass is 10.1. The Labute approximate surface area is 207 Å². The largest absolute Gasteiger partial charge is 0.454 e. The first kappa shape index (κ1) is 24.3. The van der Waals surface area contributed by atoms with Gasteiger partial charge in [0.1, 0.15) is 0 Å². The molecule has 8 nitrogen and oxygen atoms in total. The van der Waals surface area contributed by atoms with Crippen molar-refractivity contribution < 1.29 is 9.47 Å². The summed E-state index contributed by atoms with van der Waals surface area (Å²) < 4.78 is 12.9. The van der Waals surface area contributed by atoms with Crippen molar-refractivity contribution in [2.75, 3.05) is 37.9 Å². The summed E-state index contributed by atoms with van der Waals surface area (Å²) in [5.74, 6) is 2.52. The summed E-state index contributed by atoms with van der Waals surface area (Å²) in [6.07, 6.45) is 2.11. The fraction of sp³-hybridized carbons (Fsp3) is 0.480. The van der Waals surface area contributed by atoms with Crippen LogP contribution >= 0.6 is 12.4 Å². The SMILES string of the molecule is CCCC(c1nnnn1Cc1ccc2c(c1)OCO2)N1CCN(c2cccc(C)c2C)CC1.Cl. The molecular weight excluding hydrogens is 452 g/mol. The number of fused-ring (bicyclic) bond motifs is 1. The van der Waals surface area contributed by atoms with Gasteiger partial charge in [-0.25, -0.2) is 4.68 Å². The Morgan fingerprint density at radius 2 is 1.79 bits per heavy atom. The third-order valence-electron chi connectivity index (χ3n) is 6.86. The molecule has 3 heterocycles. The molecule has 0 amide bonds. The van der Waals surface area contributed by atoms with Gasteiger partial charge in [-0.15, -0.1) is 17.5 Å². The third-order valence-corrected chi connectivity index (χ3v) is 6.86. The number of hydrogen-bond acceptors (Lipinski definition) is 7. The number of benzene rings is 2. The molecule has 0 N–H and O–H groups in total. The molecule has 34 heavy (non-hydrogen) atoms. The van der Waals surface area contributed by atoms with Crippen LogP contribution in [0.15, 0.2) is 36.4 Å². The van der Waals surface area contributed by atoms with Crippen LogP contribution in [0.2, 0.25) is 0 Å². The van der Waals surface area contributed by atoms with Gasteiger partial charge in [-0.1, -0.05) is 31.5 Å². The number of aryl methyl sites for hydroxylation is 1. The topological polar surface area (TPSA) is 68.5 Å². The van der Waals surface area contributed by atoms with Crippen LogP contribution in [0.1, 0.15) is 48.3 Å². The van der Waals surface area contributed by atoms with E-state index in [-0.39, 0.29) is 25.2 Å². The molecule has 2 aromatic carbocycles. The Balaban J connectivity index is 0.00000274. The molecule has 0 aliphatic carbocycles. The molecule has 1 atom stereocenters. The lowest BCUT2D eigenvalue weighted by Gasteiger charge is -2.40. The van der Waals surface area contributed by atoms with Crippen LogP contribution in [0.4, 0.5) is 5.69 Å². The van der Waals surface area contributed by atoms with E-state index in [2.05, 4.69) is 70.4 Å². The molecule has 1 fully saturated rings. The third kappa shape index (κ3) is 4.83. The molecule has 182 valence electrons. The van der Waals surface area contributed by atoms with Crippen LogP contribution in [0.3, 0.4) is 0 Å². The summed E-state index contributed by atoms with van der Waals surface area (Å²) in [7, 11) is 0. The fourth-order valence-electron chi connectivity index (χ4n) is 4.88. The van der Waals surface area contributed by atoms with Crippen LogP contribution in [0.25, 0.3) is 0 Å². The molecule has 1 unspecified atom stereocenters. The second-order valence-corrected chi connectivity index (χ2v) is 8.93. The van der Waals surface area contributed by atoms with Crippen molar-refractivity contribution in [3.63, 3.8) is 0 Å². The minimum absolute atomic E-state index is 0. The molecular formula is C25H33ClN6O2. The normalized spacial score (nSPS) is 16.4. The van der Waals surface area contributed by atoms with Crippen LogP contribution in [-0.4, -0.2) is 58.1 Å². The number of piperazine rings is 1. The van der Waals surface area contributed by atoms with E-state index in [1.54, 1.807) is 0 Å². The predicted octanol–water partition coefficient (Wildman–Crippen LogP) is 4.15. The number of tetrazole rings is 1. The maximum Gasteiger partial charge on any atom is 0.231 e. The van der Waals surface area contributed by atoms with Gasteiger partial charge in [0.25, 0.3) is 0 Å². The molecule has 0 radical (unpaired) electrons. The van der Waals surface area contributed by atoms with Gasteiger partial charge in [0.15, 0.2) is 17.3 Å². The first-order valence-electron chi connectivity index (χ1n) is 11.8. The molecule has 2 aliphatic rings. The number of anilines is 1. The molecule has 0 spiro atoms. The van der Waals surface area contributed by atoms with E-state index in [9.17, 15) is 0 Å². The zero-order valence-electron chi connectivity index (χ0n) is 20.1. The van der Waals surface area contributed by atoms with Gasteiger partial charge in [-0.2, -0.15) is 0 Å². The highest BCUT2D eigenvalue weighted by atomic mass is 35.5. The van der Waals surface area contributed by atoms with Gasteiger partial charge in [-0.05, 0) is 65.6 Å². The molecule has 1 aromatic heterocycles. The number of nitrogens with zero attached hydrogens (tertiary/aromatic N) is 6. The van der Waals surface area contributed by atoms with E-state index in [0.29, 0.717) is 6.54 Å². The number of rotatable bonds is 7. The molecule has 0 bridgehead atoms. The lowest BCUT2D eigenvalue weighted by Crippen LogP contribution is -2.48. The molecule has 3 aromatic rings. The average Bonchev–Trinajstić information content (AvgIpc) is 3.49. The van der Waals surface area contributed by atoms with E-state index in [4.69, 9.17) is 9.47 Å². The van der Waals surface area contributed by atoms with E-state index in [0.717, 1.165) is 61.9 Å². The highest BCUT2D eigenvalue weighted by Crippen LogP contribution is 2.33. The summed E-state index contributed by atoms with van der Waals surface area (Å²) in [5, 5.41) is 12.8. The molecule has 5 rings (SSSR count). The Hall–Kier alpha value is -2.84. The molecule has 2 aliphatic heterocycles.